The molecule has 0 amide bonds. The molecule has 0 saturated heterocycles. The molecule has 23 heavy (non-hydrogen) atoms. The molecule has 1 atom stereocenters. The molecule has 3 rings (SSSR count). The van der Waals surface area contributed by atoms with E-state index in [1.165, 1.54) is 11.0 Å². The molecule has 0 radical (unpaired) electrons. The fourth-order valence-corrected chi connectivity index (χ4v) is 2.02. The highest BCUT2D eigenvalue weighted by atomic mass is 35.5. The van der Waals surface area contributed by atoms with E-state index in [1.54, 1.807) is 12.1 Å². The number of benzene rings is 1. The topological polar surface area (TPSA) is 91.7 Å². The Hall–Kier alpha value is -2.51. The quantitative estimate of drug-likeness (QED) is 0.772. The average molecular weight is 331 g/mol. The summed E-state index contributed by atoms with van der Waals surface area (Å²) in [6.45, 7) is 2.41. The largest absolute Gasteiger partial charge is 0.439 e. The van der Waals surface area contributed by atoms with Gasteiger partial charge in [0.15, 0.2) is 0 Å². The molecule has 0 aliphatic rings. The first-order valence-corrected chi connectivity index (χ1v) is 7.41. The number of pyridine rings is 1. The number of ether oxygens (including phenoxy) is 1. The lowest BCUT2D eigenvalue weighted by molar-refractivity contribution is 0.463. The number of aromatic nitrogens is 5. The van der Waals surface area contributed by atoms with Crippen LogP contribution in [-0.4, -0.2) is 31.2 Å². The summed E-state index contributed by atoms with van der Waals surface area (Å²) in [5.41, 5.74) is 6.56. The number of nitrogens with zero attached hydrogens (tertiary/aromatic N) is 5. The van der Waals surface area contributed by atoms with Crippen LogP contribution in [0.15, 0.2) is 42.6 Å². The molecule has 0 bridgehead atoms. The van der Waals surface area contributed by atoms with Crippen molar-refractivity contribution in [1.82, 2.24) is 25.2 Å². The monoisotopic (exact) mass is 330 g/mol. The maximum atomic E-state index is 5.79. The highest BCUT2D eigenvalue weighted by Crippen LogP contribution is 2.23. The zero-order valence-electron chi connectivity index (χ0n) is 12.4. The minimum absolute atomic E-state index is 0.0281. The molecule has 0 spiro atoms. The Kier molecular flexibility index (Phi) is 4.50. The SMILES string of the molecule is C[C@@H](N)Cn1nnc(-c2ccc(Oc3ccc(Cl)cn3)cc2)n1. The lowest BCUT2D eigenvalue weighted by atomic mass is 10.2. The average Bonchev–Trinajstić information content (AvgIpc) is 2.98. The number of hydrogen-bond donors (Lipinski definition) is 1. The molecular formula is C15H15ClN6O. The number of tetrazole rings is 1. The summed E-state index contributed by atoms with van der Waals surface area (Å²) in [4.78, 5) is 5.57. The predicted octanol–water partition coefficient (Wildman–Crippen LogP) is 2.53. The molecule has 2 heterocycles. The minimum atomic E-state index is -0.0281. The van der Waals surface area contributed by atoms with E-state index >= 15 is 0 Å². The molecule has 2 N–H and O–H groups in total. The van der Waals surface area contributed by atoms with E-state index in [1.807, 2.05) is 31.2 Å². The Balaban J connectivity index is 1.71. The second kappa shape index (κ2) is 6.72. The van der Waals surface area contributed by atoms with E-state index in [0.717, 1.165) is 5.56 Å². The summed E-state index contributed by atoms with van der Waals surface area (Å²) >= 11 is 5.79. The van der Waals surface area contributed by atoms with Crippen LogP contribution in [-0.2, 0) is 6.54 Å². The molecule has 118 valence electrons. The smallest absolute Gasteiger partial charge is 0.219 e. The van der Waals surface area contributed by atoms with Gasteiger partial charge in [0.2, 0.25) is 11.7 Å². The molecule has 0 saturated carbocycles. The van der Waals surface area contributed by atoms with Gasteiger partial charge in [-0.05, 0) is 42.5 Å². The molecule has 8 heteroatoms. The van der Waals surface area contributed by atoms with Crippen LogP contribution in [0.5, 0.6) is 11.6 Å². The van der Waals surface area contributed by atoms with Crippen molar-refractivity contribution in [3.63, 3.8) is 0 Å². The first kappa shape index (κ1) is 15.4. The standard InChI is InChI=1S/C15H15ClN6O/c1-10(17)9-22-20-15(19-21-22)11-2-5-13(6-3-11)23-14-7-4-12(16)8-18-14/h2-8,10H,9,17H2,1H3/t10-/m1/s1. The van der Waals surface area contributed by atoms with Crippen LogP contribution in [0.1, 0.15) is 6.92 Å². The van der Waals surface area contributed by atoms with Gasteiger partial charge >= 0.3 is 0 Å². The van der Waals surface area contributed by atoms with Crippen molar-refractivity contribution >= 4 is 11.6 Å². The zero-order valence-corrected chi connectivity index (χ0v) is 13.2. The van der Waals surface area contributed by atoms with Gasteiger partial charge in [-0.1, -0.05) is 11.6 Å². The van der Waals surface area contributed by atoms with E-state index in [9.17, 15) is 0 Å². The Labute approximate surface area is 138 Å². The van der Waals surface area contributed by atoms with Crippen LogP contribution in [0.25, 0.3) is 11.4 Å². The van der Waals surface area contributed by atoms with Crippen LogP contribution in [0.3, 0.4) is 0 Å². The molecule has 0 unspecified atom stereocenters. The van der Waals surface area contributed by atoms with E-state index in [-0.39, 0.29) is 6.04 Å². The van der Waals surface area contributed by atoms with Gasteiger partial charge in [-0.15, -0.1) is 10.2 Å². The van der Waals surface area contributed by atoms with Crippen LogP contribution >= 0.6 is 11.6 Å². The number of hydrogen-bond acceptors (Lipinski definition) is 6. The van der Waals surface area contributed by atoms with Gasteiger partial charge in [-0.3, -0.25) is 0 Å². The minimum Gasteiger partial charge on any atom is -0.439 e. The molecule has 2 aromatic heterocycles. The first-order valence-electron chi connectivity index (χ1n) is 7.03. The Morgan fingerprint density at radius 1 is 1.22 bits per heavy atom. The van der Waals surface area contributed by atoms with Crippen LogP contribution < -0.4 is 10.5 Å². The van der Waals surface area contributed by atoms with Gasteiger partial charge in [-0.2, -0.15) is 4.80 Å². The summed E-state index contributed by atoms with van der Waals surface area (Å²) in [7, 11) is 0. The Morgan fingerprint density at radius 2 is 2.00 bits per heavy atom. The normalized spacial score (nSPS) is 12.1. The van der Waals surface area contributed by atoms with Gasteiger partial charge < -0.3 is 10.5 Å². The second-order valence-electron chi connectivity index (χ2n) is 5.09. The molecule has 3 aromatic rings. The lowest BCUT2D eigenvalue weighted by Gasteiger charge is -2.04. The molecular weight excluding hydrogens is 316 g/mol. The van der Waals surface area contributed by atoms with Crippen LogP contribution in [0.4, 0.5) is 0 Å². The third-order valence-electron chi connectivity index (χ3n) is 2.94. The van der Waals surface area contributed by atoms with Gasteiger partial charge in [0.05, 0.1) is 11.6 Å². The Bertz CT molecular complexity index is 769. The van der Waals surface area contributed by atoms with Crippen molar-refractivity contribution < 1.29 is 4.74 Å². The fraction of sp³-hybridized carbons (Fsp3) is 0.200. The molecule has 0 fully saturated rings. The maximum absolute atomic E-state index is 5.79. The third-order valence-corrected chi connectivity index (χ3v) is 3.16. The lowest BCUT2D eigenvalue weighted by Crippen LogP contribution is -2.23. The number of rotatable bonds is 5. The van der Waals surface area contributed by atoms with Crippen molar-refractivity contribution in [2.45, 2.75) is 19.5 Å². The van der Waals surface area contributed by atoms with E-state index in [4.69, 9.17) is 22.1 Å². The summed E-state index contributed by atoms with van der Waals surface area (Å²) in [6.07, 6.45) is 1.53. The number of halogens is 1. The molecule has 0 aliphatic heterocycles. The third kappa shape index (κ3) is 4.02. The van der Waals surface area contributed by atoms with E-state index in [2.05, 4.69) is 20.4 Å². The van der Waals surface area contributed by atoms with E-state index < -0.39 is 0 Å². The van der Waals surface area contributed by atoms with Gasteiger partial charge in [0, 0.05) is 23.9 Å². The van der Waals surface area contributed by atoms with Gasteiger partial charge in [0.25, 0.3) is 0 Å². The van der Waals surface area contributed by atoms with Gasteiger partial charge in [-0.25, -0.2) is 4.98 Å². The highest BCUT2D eigenvalue weighted by molar-refractivity contribution is 6.30. The predicted molar refractivity (Wildman–Crippen MR) is 86.2 cm³/mol. The number of nitrogens with two attached hydrogens (primary N) is 1. The Morgan fingerprint density at radius 3 is 2.65 bits per heavy atom. The molecule has 7 nitrogen and oxygen atoms in total. The van der Waals surface area contributed by atoms with Crippen molar-refractivity contribution in [1.29, 1.82) is 0 Å². The van der Waals surface area contributed by atoms with Gasteiger partial charge in [0.1, 0.15) is 5.75 Å². The summed E-state index contributed by atoms with van der Waals surface area (Å²) in [6, 6.07) is 10.8. The zero-order chi connectivity index (χ0) is 16.2. The van der Waals surface area contributed by atoms with Crippen molar-refractivity contribution in [2.24, 2.45) is 5.73 Å². The first-order chi connectivity index (χ1) is 11.1. The van der Waals surface area contributed by atoms with Crippen molar-refractivity contribution in [2.75, 3.05) is 0 Å². The molecule has 0 aliphatic carbocycles. The second-order valence-corrected chi connectivity index (χ2v) is 5.52. The van der Waals surface area contributed by atoms with Crippen molar-refractivity contribution in [3.8, 4) is 23.0 Å². The summed E-state index contributed by atoms with van der Waals surface area (Å²) in [5, 5.41) is 12.8. The molecule has 1 aromatic carbocycles. The van der Waals surface area contributed by atoms with Crippen LogP contribution in [0, 0.1) is 0 Å². The fourth-order valence-electron chi connectivity index (χ4n) is 1.91. The van der Waals surface area contributed by atoms with E-state index in [0.29, 0.717) is 29.0 Å². The summed E-state index contributed by atoms with van der Waals surface area (Å²) in [5.74, 6) is 1.68. The van der Waals surface area contributed by atoms with Crippen molar-refractivity contribution in [3.05, 3.63) is 47.6 Å². The summed E-state index contributed by atoms with van der Waals surface area (Å²) < 4.78 is 5.63. The van der Waals surface area contributed by atoms with Crippen LogP contribution in [0.2, 0.25) is 5.02 Å². The maximum Gasteiger partial charge on any atom is 0.219 e. The highest BCUT2D eigenvalue weighted by Gasteiger charge is 2.08.